The quantitative estimate of drug-likeness (QED) is 0.694. The lowest BCUT2D eigenvalue weighted by Crippen LogP contribution is -2.31. The first-order valence-corrected chi connectivity index (χ1v) is 8.78. The van der Waals surface area contributed by atoms with Crippen LogP contribution in [0.3, 0.4) is 0 Å². The molecule has 0 amide bonds. The van der Waals surface area contributed by atoms with E-state index in [1.807, 2.05) is 19.1 Å². The highest BCUT2D eigenvalue weighted by molar-refractivity contribution is 6.43. The normalized spacial score (nSPS) is 18.2. The van der Waals surface area contributed by atoms with Crippen molar-refractivity contribution in [2.75, 3.05) is 0 Å². The smallest absolute Gasteiger partial charge is 0.458 e. The predicted octanol–water partition coefficient (Wildman–Crippen LogP) is 4.88. The van der Waals surface area contributed by atoms with Gasteiger partial charge in [-0.05, 0) is 55.0 Å². The van der Waals surface area contributed by atoms with E-state index in [-0.39, 0.29) is 11.9 Å². The Morgan fingerprint density at radius 3 is 2.88 bits per heavy atom. The van der Waals surface area contributed by atoms with Gasteiger partial charge >= 0.3 is 7.12 Å². The molecule has 0 aliphatic carbocycles. The minimum atomic E-state index is -0.765. The first-order chi connectivity index (χ1) is 11.9. The van der Waals surface area contributed by atoms with Crippen LogP contribution in [0.4, 0.5) is 4.39 Å². The van der Waals surface area contributed by atoms with E-state index in [1.54, 1.807) is 6.07 Å². The molecule has 0 saturated heterocycles. The molecule has 5 heteroatoms. The summed E-state index contributed by atoms with van der Waals surface area (Å²) >= 11 is 0. The summed E-state index contributed by atoms with van der Waals surface area (Å²) in [5, 5.41) is 19.0. The highest BCUT2D eigenvalue weighted by Crippen LogP contribution is 2.29. The number of allylic oxidation sites excluding steroid dienone is 2. The number of phenolic OH excluding ortho intramolecular Hbond substituents is 1. The van der Waals surface area contributed by atoms with Gasteiger partial charge in [-0.15, -0.1) is 0 Å². The molecule has 0 bridgehead atoms. The molecule has 0 spiro atoms. The van der Waals surface area contributed by atoms with Crippen LogP contribution in [0.15, 0.2) is 47.6 Å². The Balaban J connectivity index is 2.03. The number of hydrogen-bond donors (Lipinski definition) is 2. The molecule has 0 saturated carbocycles. The average molecular weight is 344 g/mol. The predicted molar refractivity (Wildman–Crippen MR) is 101 cm³/mol. The molecule has 0 fully saturated rings. The summed E-state index contributed by atoms with van der Waals surface area (Å²) in [6.07, 6.45) is 7.70. The third-order valence-electron chi connectivity index (χ3n) is 4.35. The standard InChI is InChI=1S/C20H26BFO3/c1-4-5-15(3)17-10-11-21(24)25-20(17)9-6-14(2)12-16-7-8-19(23)18(22)13-16/h7-8,10,12-13,20,23-24H,3-6,9,11H2,1-2H3/b14-12+. The molecule has 1 unspecified atom stereocenters. The van der Waals surface area contributed by atoms with Crippen LogP contribution < -0.4 is 0 Å². The molecule has 1 aromatic rings. The summed E-state index contributed by atoms with van der Waals surface area (Å²) in [6, 6.07) is 4.34. The summed E-state index contributed by atoms with van der Waals surface area (Å²) in [6.45, 7) is 8.24. The Morgan fingerprint density at radius 2 is 2.20 bits per heavy atom. The summed E-state index contributed by atoms with van der Waals surface area (Å²) in [7, 11) is -0.765. The Morgan fingerprint density at radius 1 is 1.44 bits per heavy atom. The van der Waals surface area contributed by atoms with Crippen LogP contribution in [0.25, 0.3) is 6.08 Å². The van der Waals surface area contributed by atoms with Crippen LogP contribution in [0.1, 0.15) is 45.1 Å². The van der Waals surface area contributed by atoms with Gasteiger partial charge in [-0.1, -0.05) is 43.7 Å². The van der Waals surface area contributed by atoms with Gasteiger partial charge in [0, 0.05) is 6.32 Å². The molecule has 25 heavy (non-hydrogen) atoms. The Labute approximate surface area is 149 Å². The molecule has 1 aliphatic heterocycles. The van der Waals surface area contributed by atoms with Crippen LogP contribution in [0.5, 0.6) is 5.75 Å². The maximum atomic E-state index is 13.4. The lowest BCUT2D eigenvalue weighted by atomic mass is 9.77. The fourth-order valence-electron chi connectivity index (χ4n) is 3.05. The summed E-state index contributed by atoms with van der Waals surface area (Å²) in [4.78, 5) is 0. The first kappa shape index (κ1) is 19.5. The lowest BCUT2D eigenvalue weighted by Gasteiger charge is -2.28. The number of aromatic hydroxyl groups is 1. The van der Waals surface area contributed by atoms with Crippen molar-refractivity contribution in [2.24, 2.45) is 0 Å². The number of halogens is 1. The molecule has 1 atom stereocenters. The minimum absolute atomic E-state index is 0.164. The minimum Gasteiger partial charge on any atom is -0.505 e. The maximum Gasteiger partial charge on any atom is 0.458 e. The van der Waals surface area contributed by atoms with Crippen molar-refractivity contribution >= 4 is 13.2 Å². The molecule has 1 aliphatic rings. The largest absolute Gasteiger partial charge is 0.505 e. The topological polar surface area (TPSA) is 49.7 Å². The maximum absolute atomic E-state index is 13.4. The van der Waals surface area contributed by atoms with Crippen LogP contribution >= 0.6 is 0 Å². The van der Waals surface area contributed by atoms with Gasteiger partial charge in [-0.3, -0.25) is 0 Å². The number of hydrogen-bond acceptors (Lipinski definition) is 3. The molecule has 3 nitrogen and oxygen atoms in total. The van der Waals surface area contributed by atoms with E-state index in [2.05, 4.69) is 13.5 Å². The van der Waals surface area contributed by atoms with Gasteiger partial charge in [0.05, 0.1) is 6.10 Å². The van der Waals surface area contributed by atoms with E-state index in [4.69, 9.17) is 4.65 Å². The van der Waals surface area contributed by atoms with E-state index < -0.39 is 12.9 Å². The van der Waals surface area contributed by atoms with Crippen LogP contribution in [0, 0.1) is 5.82 Å². The van der Waals surface area contributed by atoms with E-state index in [9.17, 15) is 14.5 Å². The first-order valence-electron chi connectivity index (χ1n) is 8.78. The van der Waals surface area contributed by atoms with E-state index in [0.717, 1.165) is 42.4 Å². The Kier molecular flexibility index (Phi) is 7.03. The zero-order chi connectivity index (χ0) is 18.4. The molecule has 0 radical (unpaired) electrons. The highest BCUT2D eigenvalue weighted by atomic mass is 19.1. The summed E-state index contributed by atoms with van der Waals surface area (Å²) < 4.78 is 19.1. The molecular formula is C20H26BFO3. The third-order valence-corrected chi connectivity index (χ3v) is 4.35. The van der Waals surface area contributed by atoms with Gasteiger partial charge in [0.1, 0.15) is 0 Å². The van der Waals surface area contributed by atoms with Gasteiger partial charge < -0.3 is 14.8 Å². The Bertz CT molecular complexity index is 682. The van der Waals surface area contributed by atoms with E-state index >= 15 is 0 Å². The molecule has 1 heterocycles. The average Bonchev–Trinajstić information content (AvgIpc) is 2.56. The van der Waals surface area contributed by atoms with E-state index in [0.29, 0.717) is 11.9 Å². The monoisotopic (exact) mass is 344 g/mol. The number of phenols is 1. The second kappa shape index (κ2) is 9.02. The van der Waals surface area contributed by atoms with Crippen molar-refractivity contribution in [1.29, 1.82) is 0 Å². The molecular weight excluding hydrogens is 318 g/mol. The molecule has 2 N–H and O–H groups in total. The summed E-state index contributed by atoms with van der Waals surface area (Å²) in [5.41, 5.74) is 3.95. The fraction of sp³-hybridized carbons (Fsp3) is 0.400. The fourth-order valence-corrected chi connectivity index (χ4v) is 3.05. The number of benzene rings is 1. The summed E-state index contributed by atoms with van der Waals surface area (Å²) in [5.74, 6) is -0.968. The van der Waals surface area contributed by atoms with Crippen LogP contribution in [-0.2, 0) is 4.65 Å². The lowest BCUT2D eigenvalue weighted by molar-refractivity contribution is 0.183. The zero-order valence-electron chi connectivity index (χ0n) is 15.0. The number of rotatable bonds is 7. The second-order valence-corrected chi connectivity index (χ2v) is 6.57. The van der Waals surface area contributed by atoms with Gasteiger partial charge in [0.15, 0.2) is 11.6 Å². The van der Waals surface area contributed by atoms with Crippen molar-refractivity contribution in [3.63, 3.8) is 0 Å². The Hall–Kier alpha value is -1.85. The van der Waals surface area contributed by atoms with Gasteiger partial charge in [0.2, 0.25) is 0 Å². The van der Waals surface area contributed by atoms with Crippen molar-refractivity contribution in [2.45, 2.75) is 52.0 Å². The van der Waals surface area contributed by atoms with Crippen molar-refractivity contribution in [3.8, 4) is 5.75 Å². The van der Waals surface area contributed by atoms with Gasteiger partial charge in [0.25, 0.3) is 0 Å². The van der Waals surface area contributed by atoms with Crippen LogP contribution in [-0.4, -0.2) is 23.4 Å². The SMILES string of the molecule is C=C(CCC)C1=CCB(O)OC1CC/C(C)=C/c1ccc(O)c(F)c1. The molecule has 134 valence electrons. The molecule has 1 aromatic carbocycles. The van der Waals surface area contributed by atoms with Gasteiger partial charge in [-0.2, -0.15) is 0 Å². The third kappa shape index (κ3) is 5.58. The van der Waals surface area contributed by atoms with Crippen molar-refractivity contribution < 1.29 is 19.2 Å². The van der Waals surface area contributed by atoms with Crippen LogP contribution in [0.2, 0.25) is 6.32 Å². The van der Waals surface area contributed by atoms with Crippen molar-refractivity contribution in [3.05, 3.63) is 59.0 Å². The molecule has 2 rings (SSSR count). The highest BCUT2D eigenvalue weighted by Gasteiger charge is 2.27. The van der Waals surface area contributed by atoms with E-state index in [1.165, 1.54) is 12.1 Å². The van der Waals surface area contributed by atoms with Crippen molar-refractivity contribution in [1.82, 2.24) is 0 Å². The van der Waals surface area contributed by atoms with Gasteiger partial charge in [-0.25, -0.2) is 4.39 Å². The second-order valence-electron chi connectivity index (χ2n) is 6.57. The zero-order valence-corrected chi connectivity index (χ0v) is 15.0. The molecule has 0 aromatic heterocycles.